The quantitative estimate of drug-likeness (QED) is 0.462. The Morgan fingerprint density at radius 2 is 2.20 bits per heavy atom. The van der Waals surface area contributed by atoms with Gasteiger partial charge in [0.2, 0.25) is 0 Å². The normalized spacial score (nSPS) is 10.2. The summed E-state index contributed by atoms with van der Waals surface area (Å²) in [6, 6.07) is 7.28. The van der Waals surface area contributed by atoms with Gasteiger partial charge in [-0.2, -0.15) is 5.10 Å². The van der Waals surface area contributed by atoms with Crippen molar-refractivity contribution < 1.29 is 9.59 Å². The lowest BCUT2D eigenvalue weighted by molar-refractivity contribution is -0.137. The second-order valence-corrected chi connectivity index (χ2v) is 3.53. The van der Waals surface area contributed by atoms with Crippen LogP contribution in [0.4, 0.5) is 0 Å². The minimum atomic E-state index is -1.07. The van der Waals surface area contributed by atoms with Crippen molar-refractivity contribution >= 4 is 34.0 Å². The highest BCUT2D eigenvalue weighted by Crippen LogP contribution is 2.09. The highest BCUT2D eigenvalue weighted by atomic mass is 79.9. The van der Waals surface area contributed by atoms with Gasteiger partial charge in [-0.15, -0.1) is 0 Å². The van der Waals surface area contributed by atoms with Crippen LogP contribution in [-0.2, 0) is 9.59 Å². The van der Waals surface area contributed by atoms with E-state index in [2.05, 4.69) is 21.0 Å². The number of amides is 2. The molecule has 0 aliphatic carbocycles. The number of nitrogens with zero attached hydrogens (tertiary/aromatic N) is 1. The van der Waals surface area contributed by atoms with E-state index in [1.54, 1.807) is 12.1 Å². The van der Waals surface area contributed by atoms with Crippen molar-refractivity contribution in [2.45, 2.75) is 0 Å². The molecule has 0 atom stereocenters. The number of hydrazone groups is 1. The number of nitrogens with one attached hydrogen (secondary N) is 1. The number of benzene rings is 1. The van der Waals surface area contributed by atoms with Crippen LogP contribution < -0.4 is 11.2 Å². The summed E-state index contributed by atoms with van der Waals surface area (Å²) in [5, 5.41) is 3.56. The molecule has 0 aliphatic rings. The predicted molar refractivity (Wildman–Crippen MR) is 59.1 cm³/mol. The van der Waals surface area contributed by atoms with Gasteiger partial charge >= 0.3 is 11.8 Å². The lowest BCUT2D eigenvalue weighted by Crippen LogP contribution is -2.32. The molecule has 0 fully saturated rings. The molecule has 0 radical (unpaired) electrons. The SMILES string of the molecule is NC(=O)C(=O)NN=Cc1cccc(Br)c1. The van der Waals surface area contributed by atoms with E-state index in [-0.39, 0.29) is 0 Å². The number of hydrogen-bond donors (Lipinski definition) is 2. The minimum Gasteiger partial charge on any atom is -0.361 e. The van der Waals surface area contributed by atoms with Crippen LogP contribution in [0.25, 0.3) is 0 Å². The smallest absolute Gasteiger partial charge is 0.329 e. The summed E-state index contributed by atoms with van der Waals surface area (Å²) in [5.74, 6) is -2.01. The van der Waals surface area contributed by atoms with Crippen molar-refractivity contribution in [2.75, 3.05) is 0 Å². The van der Waals surface area contributed by atoms with Gasteiger partial charge in [0.25, 0.3) is 0 Å². The Labute approximate surface area is 94.5 Å². The van der Waals surface area contributed by atoms with Crippen molar-refractivity contribution in [1.82, 2.24) is 5.43 Å². The Morgan fingerprint density at radius 1 is 1.47 bits per heavy atom. The molecule has 15 heavy (non-hydrogen) atoms. The topological polar surface area (TPSA) is 84.5 Å². The summed E-state index contributed by atoms with van der Waals surface area (Å²) in [6.07, 6.45) is 1.41. The molecule has 5 nitrogen and oxygen atoms in total. The highest BCUT2D eigenvalue weighted by Gasteiger charge is 2.04. The number of hydrogen-bond acceptors (Lipinski definition) is 3. The van der Waals surface area contributed by atoms with Crippen molar-refractivity contribution in [3.63, 3.8) is 0 Å². The van der Waals surface area contributed by atoms with E-state index >= 15 is 0 Å². The maximum atomic E-state index is 10.7. The van der Waals surface area contributed by atoms with Gasteiger partial charge in [0.05, 0.1) is 6.21 Å². The van der Waals surface area contributed by atoms with Crippen LogP contribution in [-0.4, -0.2) is 18.0 Å². The molecule has 0 bridgehead atoms. The number of carbonyl (C=O) groups excluding carboxylic acids is 2. The monoisotopic (exact) mass is 269 g/mol. The zero-order valence-electron chi connectivity index (χ0n) is 7.61. The van der Waals surface area contributed by atoms with E-state index in [9.17, 15) is 9.59 Å². The molecule has 0 saturated heterocycles. The lowest BCUT2D eigenvalue weighted by Gasteiger charge is -1.95. The molecule has 0 saturated carbocycles. The van der Waals surface area contributed by atoms with Crippen LogP contribution in [0.3, 0.4) is 0 Å². The van der Waals surface area contributed by atoms with Gasteiger partial charge < -0.3 is 5.73 Å². The fourth-order valence-electron chi connectivity index (χ4n) is 0.807. The third-order valence-corrected chi connectivity index (χ3v) is 1.95. The molecule has 1 aromatic carbocycles. The summed E-state index contributed by atoms with van der Waals surface area (Å²) in [4.78, 5) is 21.0. The molecule has 6 heteroatoms. The van der Waals surface area contributed by atoms with Crippen molar-refractivity contribution in [3.05, 3.63) is 34.3 Å². The summed E-state index contributed by atoms with van der Waals surface area (Å²) in [5.41, 5.74) is 7.48. The van der Waals surface area contributed by atoms with Crippen molar-refractivity contribution in [1.29, 1.82) is 0 Å². The first-order valence-electron chi connectivity index (χ1n) is 3.98. The van der Waals surface area contributed by atoms with Crippen LogP contribution in [0.15, 0.2) is 33.8 Å². The number of primary amides is 1. The molecule has 78 valence electrons. The average Bonchev–Trinajstić information content (AvgIpc) is 2.17. The van der Waals surface area contributed by atoms with E-state index in [1.165, 1.54) is 6.21 Å². The van der Waals surface area contributed by atoms with E-state index in [1.807, 2.05) is 17.6 Å². The van der Waals surface area contributed by atoms with Crippen LogP contribution in [0, 0.1) is 0 Å². The molecule has 0 aromatic heterocycles. The maximum Gasteiger partial charge on any atom is 0.329 e. The molecule has 0 heterocycles. The van der Waals surface area contributed by atoms with Gasteiger partial charge in [0.15, 0.2) is 0 Å². The molecule has 1 rings (SSSR count). The number of carbonyl (C=O) groups is 2. The molecule has 1 aromatic rings. The third kappa shape index (κ3) is 3.90. The second-order valence-electron chi connectivity index (χ2n) is 2.62. The fourth-order valence-corrected chi connectivity index (χ4v) is 1.22. The molecule has 2 amide bonds. The highest BCUT2D eigenvalue weighted by molar-refractivity contribution is 9.10. The summed E-state index contributed by atoms with van der Waals surface area (Å²) in [6.45, 7) is 0. The van der Waals surface area contributed by atoms with E-state index in [0.717, 1.165) is 10.0 Å². The second kappa shape index (κ2) is 5.26. The van der Waals surface area contributed by atoms with Crippen LogP contribution in [0.2, 0.25) is 0 Å². The van der Waals surface area contributed by atoms with Gasteiger partial charge in [-0.05, 0) is 17.7 Å². The van der Waals surface area contributed by atoms with Gasteiger partial charge in [-0.25, -0.2) is 5.43 Å². The van der Waals surface area contributed by atoms with Gasteiger partial charge in [0, 0.05) is 4.47 Å². The first-order chi connectivity index (χ1) is 7.09. The molecule has 3 N–H and O–H groups in total. The average molecular weight is 270 g/mol. The van der Waals surface area contributed by atoms with Gasteiger partial charge in [-0.3, -0.25) is 9.59 Å². The number of rotatable bonds is 2. The molecule has 0 aliphatic heterocycles. The third-order valence-electron chi connectivity index (χ3n) is 1.45. The summed E-state index contributed by atoms with van der Waals surface area (Å²) in [7, 11) is 0. The largest absolute Gasteiger partial charge is 0.361 e. The Morgan fingerprint density at radius 3 is 2.80 bits per heavy atom. The van der Waals surface area contributed by atoms with Crippen LogP contribution in [0.1, 0.15) is 5.56 Å². The van der Waals surface area contributed by atoms with Crippen LogP contribution in [0.5, 0.6) is 0 Å². The Hall–Kier alpha value is -1.69. The molecule has 0 unspecified atom stereocenters. The zero-order valence-corrected chi connectivity index (χ0v) is 9.19. The van der Waals surface area contributed by atoms with Gasteiger partial charge in [0.1, 0.15) is 0 Å². The van der Waals surface area contributed by atoms with Crippen molar-refractivity contribution in [3.8, 4) is 0 Å². The van der Waals surface area contributed by atoms with E-state index < -0.39 is 11.8 Å². The number of halogens is 1. The maximum absolute atomic E-state index is 10.7. The molecule has 0 spiro atoms. The van der Waals surface area contributed by atoms with Gasteiger partial charge in [-0.1, -0.05) is 28.1 Å². The fraction of sp³-hybridized carbons (Fsp3) is 0. The zero-order chi connectivity index (χ0) is 11.3. The first kappa shape index (κ1) is 11.4. The Kier molecular flexibility index (Phi) is 3.99. The Balaban J connectivity index is 2.59. The molecular weight excluding hydrogens is 262 g/mol. The minimum absolute atomic E-state index is 0.786. The lowest BCUT2D eigenvalue weighted by atomic mass is 10.2. The first-order valence-corrected chi connectivity index (χ1v) is 4.77. The predicted octanol–water partition coefficient (Wildman–Crippen LogP) is 0.385. The van der Waals surface area contributed by atoms with E-state index in [4.69, 9.17) is 5.73 Å². The van der Waals surface area contributed by atoms with E-state index in [0.29, 0.717) is 0 Å². The molecular formula is C9H8BrN3O2. The standard InChI is InChI=1S/C9H8BrN3O2/c10-7-3-1-2-6(4-7)5-12-13-9(15)8(11)14/h1-5H,(H2,11,14)(H,13,15). The summed E-state index contributed by atoms with van der Waals surface area (Å²) < 4.78 is 0.896. The van der Waals surface area contributed by atoms with Crippen molar-refractivity contribution in [2.24, 2.45) is 10.8 Å². The summed E-state index contributed by atoms with van der Waals surface area (Å²) >= 11 is 3.28. The Bertz CT molecular complexity index is 418. The number of nitrogens with two attached hydrogens (primary N) is 1. The van der Waals surface area contributed by atoms with Crippen LogP contribution >= 0.6 is 15.9 Å².